The average Bonchev–Trinajstić information content (AvgIpc) is 3.07. The van der Waals surface area contributed by atoms with Gasteiger partial charge in [0.15, 0.2) is 0 Å². The third-order valence-electron chi connectivity index (χ3n) is 3.16. The highest BCUT2D eigenvalue weighted by Crippen LogP contribution is 2.22. The van der Waals surface area contributed by atoms with E-state index in [2.05, 4.69) is 15.2 Å². The predicted octanol–water partition coefficient (Wildman–Crippen LogP) is 2.14. The second-order valence-corrected chi connectivity index (χ2v) is 4.41. The fourth-order valence-corrected chi connectivity index (χ4v) is 2.15. The van der Waals surface area contributed by atoms with E-state index in [9.17, 15) is 4.79 Å². The van der Waals surface area contributed by atoms with Crippen LogP contribution in [-0.2, 0) is 11.8 Å². The molecule has 6 nitrogen and oxygen atoms in total. The number of rotatable bonds is 3. The van der Waals surface area contributed by atoms with Crippen molar-refractivity contribution in [1.29, 1.82) is 0 Å². The Balaban J connectivity index is 2.11. The van der Waals surface area contributed by atoms with Crippen molar-refractivity contribution in [3.05, 3.63) is 36.3 Å². The number of nitrogens with zero attached hydrogens (tertiary/aromatic N) is 3. The first kappa shape index (κ1) is 12.4. The van der Waals surface area contributed by atoms with E-state index in [1.165, 1.54) is 0 Å². The molecule has 102 valence electrons. The summed E-state index contributed by atoms with van der Waals surface area (Å²) in [6.07, 6.45) is 3.49. The molecule has 0 saturated carbocycles. The number of H-pyrrole nitrogens is 1. The zero-order valence-electron chi connectivity index (χ0n) is 11.3. The normalized spacial score (nSPS) is 10.9. The second kappa shape index (κ2) is 4.80. The molecule has 0 unspecified atom stereocenters. The third kappa shape index (κ3) is 1.95. The molecule has 6 heteroatoms. The number of aromatic amines is 1. The molecule has 0 spiro atoms. The number of pyridine rings is 1. The van der Waals surface area contributed by atoms with Gasteiger partial charge in [0.25, 0.3) is 0 Å². The van der Waals surface area contributed by atoms with E-state index in [4.69, 9.17) is 4.74 Å². The number of carbonyl (C=O) groups excluding carboxylic acids is 1. The maximum Gasteiger partial charge on any atom is 0.355 e. The first-order valence-electron chi connectivity index (χ1n) is 6.33. The molecule has 3 heterocycles. The maximum atomic E-state index is 11.9. The Morgan fingerprint density at radius 2 is 2.30 bits per heavy atom. The fourth-order valence-electron chi connectivity index (χ4n) is 2.15. The molecule has 0 radical (unpaired) electrons. The largest absolute Gasteiger partial charge is 0.461 e. The van der Waals surface area contributed by atoms with Crippen LogP contribution in [0, 0.1) is 0 Å². The molecule has 0 atom stereocenters. The number of carbonyl (C=O) groups is 1. The minimum Gasteiger partial charge on any atom is -0.461 e. The highest BCUT2D eigenvalue weighted by Gasteiger charge is 2.15. The first-order valence-corrected chi connectivity index (χ1v) is 6.33. The summed E-state index contributed by atoms with van der Waals surface area (Å²) >= 11 is 0. The zero-order chi connectivity index (χ0) is 14.1. The van der Waals surface area contributed by atoms with Crippen LogP contribution in [0.1, 0.15) is 17.4 Å². The Kier molecular flexibility index (Phi) is 2.98. The molecule has 0 fully saturated rings. The lowest BCUT2D eigenvalue weighted by Gasteiger charge is -2.03. The van der Waals surface area contributed by atoms with Crippen molar-refractivity contribution in [1.82, 2.24) is 19.7 Å². The van der Waals surface area contributed by atoms with Gasteiger partial charge in [0, 0.05) is 24.2 Å². The Hall–Kier alpha value is -2.63. The van der Waals surface area contributed by atoms with Crippen molar-refractivity contribution in [2.75, 3.05) is 6.61 Å². The van der Waals surface area contributed by atoms with Gasteiger partial charge in [-0.1, -0.05) is 0 Å². The summed E-state index contributed by atoms with van der Waals surface area (Å²) in [5, 5.41) is 7.58. The summed E-state index contributed by atoms with van der Waals surface area (Å²) in [6, 6.07) is 5.63. The summed E-state index contributed by atoms with van der Waals surface area (Å²) in [4.78, 5) is 16.4. The van der Waals surface area contributed by atoms with Crippen molar-refractivity contribution < 1.29 is 9.53 Å². The molecule has 3 rings (SSSR count). The highest BCUT2D eigenvalue weighted by molar-refractivity contribution is 5.95. The van der Waals surface area contributed by atoms with Crippen LogP contribution in [0.3, 0.4) is 0 Å². The van der Waals surface area contributed by atoms with E-state index >= 15 is 0 Å². The van der Waals surface area contributed by atoms with Crippen LogP contribution in [-0.4, -0.2) is 32.3 Å². The first-order chi connectivity index (χ1) is 9.70. The summed E-state index contributed by atoms with van der Waals surface area (Å²) in [5.74, 6) is -0.335. The van der Waals surface area contributed by atoms with Gasteiger partial charge >= 0.3 is 5.97 Å². The van der Waals surface area contributed by atoms with Crippen LogP contribution in [0.15, 0.2) is 30.6 Å². The van der Waals surface area contributed by atoms with Crippen molar-refractivity contribution in [3.8, 4) is 11.3 Å². The summed E-state index contributed by atoms with van der Waals surface area (Å²) < 4.78 is 6.79. The van der Waals surface area contributed by atoms with Gasteiger partial charge in [-0.25, -0.2) is 9.78 Å². The monoisotopic (exact) mass is 270 g/mol. The Bertz CT molecular complexity index is 759. The second-order valence-electron chi connectivity index (χ2n) is 4.41. The molecule has 20 heavy (non-hydrogen) atoms. The molecule has 0 bridgehead atoms. The van der Waals surface area contributed by atoms with E-state index < -0.39 is 0 Å². The van der Waals surface area contributed by atoms with Crippen molar-refractivity contribution >= 4 is 17.0 Å². The van der Waals surface area contributed by atoms with E-state index in [0.29, 0.717) is 12.3 Å². The molecule has 0 aromatic carbocycles. The third-order valence-corrected chi connectivity index (χ3v) is 3.16. The van der Waals surface area contributed by atoms with Crippen LogP contribution < -0.4 is 0 Å². The van der Waals surface area contributed by atoms with Crippen LogP contribution in [0.5, 0.6) is 0 Å². The fraction of sp³-hybridized carbons (Fsp3) is 0.214. The van der Waals surface area contributed by atoms with Gasteiger partial charge < -0.3 is 9.30 Å². The molecular formula is C14H14N4O2. The summed E-state index contributed by atoms with van der Waals surface area (Å²) in [6.45, 7) is 2.14. The van der Waals surface area contributed by atoms with Gasteiger partial charge in [0.1, 0.15) is 11.3 Å². The minimum absolute atomic E-state index is 0.335. The van der Waals surface area contributed by atoms with Gasteiger partial charge in [-0.3, -0.25) is 5.10 Å². The van der Waals surface area contributed by atoms with Crippen molar-refractivity contribution in [3.63, 3.8) is 0 Å². The zero-order valence-corrected chi connectivity index (χ0v) is 11.3. The SMILES string of the molecule is CCOC(=O)c1cc2ccc(-c3cn[nH]c3)nc2n1C. The van der Waals surface area contributed by atoms with Gasteiger partial charge in [-0.05, 0) is 25.1 Å². The molecule has 0 aliphatic heterocycles. The Labute approximate surface area is 115 Å². The molecule has 0 aliphatic rings. The predicted molar refractivity (Wildman–Crippen MR) is 74.3 cm³/mol. The van der Waals surface area contributed by atoms with Gasteiger partial charge in [0.2, 0.25) is 0 Å². The van der Waals surface area contributed by atoms with Gasteiger partial charge in [0.05, 0.1) is 18.5 Å². The Morgan fingerprint density at radius 1 is 1.45 bits per heavy atom. The molecule has 0 saturated heterocycles. The smallest absolute Gasteiger partial charge is 0.355 e. The quantitative estimate of drug-likeness (QED) is 0.740. The lowest BCUT2D eigenvalue weighted by molar-refractivity contribution is 0.0516. The lowest BCUT2D eigenvalue weighted by atomic mass is 10.2. The van der Waals surface area contributed by atoms with Gasteiger partial charge in [-0.15, -0.1) is 0 Å². The number of ether oxygens (including phenoxy) is 1. The average molecular weight is 270 g/mol. The number of aromatic nitrogens is 4. The number of nitrogens with one attached hydrogen (secondary N) is 1. The summed E-state index contributed by atoms with van der Waals surface area (Å²) in [5.41, 5.74) is 2.96. The van der Waals surface area contributed by atoms with Crippen LogP contribution in [0.2, 0.25) is 0 Å². The van der Waals surface area contributed by atoms with Gasteiger partial charge in [-0.2, -0.15) is 5.10 Å². The molecule has 0 aliphatic carbocycles. The molecule has 0 amide bonds. The van der Waals surface area contributed by atoms with Crippen LogP contribution in [0.25, 0.3) is 22.3 Å². The number of hydrogen-bond acceptors (Lipinski definition) is 4. The van der Waals surface area contributed by atoms with E-state index in [1.807, 2.05) is 12.1 Å². The maximum absolute atomic E-state index is 11.9. The number of esters is 1. The number of aryl methyl sites for hydroxylation is 1. The van der Waals surface area contributed by atoms with Crippen LogP contribution >= 0.6 is 0 Å². The molecule has 3 aromatic heterocycles. The van der Waals surface area contributed by atoms with E-state index in [-0.39, 0.29) is 5.97 Å². The molecular weight excluding hydrogens is 256 g/mol. The van der Waals surface area contributed by atoms with Crippen molar-refractivity contribution in [2.45, 2.75) is 6.92 Å². The molecule has 1 N–H and O–H groups in total. The Morgan fingerprint density at radius 3 is 3.00 bits per heavy atom. The van der Waals surface area contributed by atoms with Crippen LogP contribution in [0.4, 0.5) is 0 Å². The standard InChI is InChI=1S/C14H14N4O2/c1-3-20-14(19)12-6-9-4-5-11(10-7-15-16-8-10)17-13(9)18(12)2/h4-8H,3H2,1-2H3,(H,15,16). The minimum atomic E-state index is -0.335. The topological polar surface area (TPSA) is 72.8 Å². The summed E-state index contributed by atoms with van der Waals surface area (Å²) in [7, 11) is 1.81. The highest BCUT2D eigenvalue weighted by atomic mass is 16.5. The lowest BCUT2D eigenvalue weighted by Crippen LogP contribution is -2.09. The number of fused-ring (bicyclic) bond motifs is 1. The number of hydrogen-bond donors (Lipinski definition) is 1. The van der Waals surface area contributed by atoms with E-state index in [0.717, 1.165) is 22.3 Å². The van der Waals surface area contributed by atoms with Crippen molar-refractivity contribution in [2.24, 2.45) is 7.05 Å². The van der Waals surface area contributed by atoms with E-state index in [1.54, 1.807) is 37.0 Å². The molecule has 3 aromatic rings.